The summed E-state index contributed by atoms with van der Waals surface area (Å²) in [6, 6.07) is 8.32. The highest BCUT2D eigenvalue weighted by Gasteiger charge is 2.30. The highest BCUT2D eigenvalue weighted by atomic mass is 15.2. The Balaban J connectivity index is 1.82. The lowest BCUT2D eigenvalue weighted by atomic mass is 10.1. The molecule has 3 rings (SSSR count). The Bertz CT molecular complexity index is 427. The van der Waals surface area contributed by atoms with Gasteiger partial charge in [-0.3, -0.25) is 4.90 Å². The van der Waals surface area contributed by atoms with Crippen molar-refractivity contribution in [3.8, 4) is 0 Å². The lowest BCUT2D eigenvalue weighted by molar-refractivity contribution is 0.190. The largest absolute Gasteiger partial charge is 0.384 e. The van der Waals surface area contributed by atoms with Gasteiger partial charge in [-0.15, -0.1) is 0 Å². The molecule has 1 aromatic carbocycles. The third kappa shape index (κ3) is 2.03. The SMILES string of the molecule is CCC1CCC(C)N1Cc1cccc2c1NCC2. The van der Waals surface area contributed by atoms with Crippen molar-refractivity contribution in [2.24, 2.45) is 0 Å². The van der Waals surface area contributed by atoms with Crippen LogP contribution in [0.5, 0.6) is 0 Å². The van der Waals surface area contributed by atoms with E-state index in [1.165, 1.54) is 42.5 Å². The molecule has 1 N–H and O–H groups in total. The number of fused-ring (bicyclic) bond motifs is 1. The number of para-hydroxylation sites is 1. The third-order valence-electron chi connectivity index (χ3n) is 4.71. The zero-order chi connectivity index (χ0) is 12.5. The van der Waals surface area contributed by atoms with E-state index in [4.69, 9.17) is 0 Å². The van der Waals surface area contributed by atoms with Crippen LogP contribution in [0.1, 0.15) is 44.2 Å². The van der Waals surface area contributed by atoms with Crippen LogP contribution < -0.4 is 5.32 Å². The zero-order valence-corrected chi connectivity index (χ0v) is 11.6. The molecule has 18 heavy (non-hydrogen) atoms. The van der Waals surface area contributed by atoms with Crippen LogP contribution in [0.2, 0.25) is 0 Å². The summed E-state index contributed by atoms with van der Waals surface area (Å²) in [6.07, 6.45) is 5.21. The van der Waals surface area contributed by atoms with Crippen molar-refractivity contribution in [2.75, 3.05) is 11.9 Å². The van der Waals surface area contributed by atoms with Gasteiger partial charge < -0.3 is 5.32 Å². The second-order valence-electron chi connectivity index (χ2n) is 5.79. The molecule has 2 heteroatoms. The first-order valence-electron chi connectivity index (χ1n) is 7.40. The van der Waals surface area contributed by atoms with Gasteiger partial charge in [0, 0.05) is 30.9 Å². The average molecular weight is 244 g/mol. The average Bonchev–Trinajstić information content (AvgIpc) is 2.98. The van der Waals surface area contributed by atoms with Crippen LogP contribution in [-0.2, 0) is 13.0 Å². The van der Waals surface area contributed by atoms with Crippen LogP contribution >= 0.6 is 0 Å². The molecule has 1 saturated heterocycles. The second-order valence-corrected chi connectivity index (χ2v) is 5.79. The van der Waals surface area contributed by atoms with Crippen molar-refractivity contribution in [1.29, 1.82) is 0 Å². The van der Waals surface area contributed by atoms with Crippen molar-refractivity contribution in [1.82, 2.24) is 4.90 Å². The van der Waals surface area contributed by atoms with Crippen LogP contribution in [0.4, 0.5) is 5.69 Å². The van der Waals surface area contributed by atoms with Gasteiger partial charge in [-0.2, -0.15) is 0 Å². The Hall–Kier alpha value is -1.02. The normalized spacial score (nSPS) is 27.2. The standard InChI is InChI=1S/C16H24N2/c1-3-15-8-7-12(2)18(15)11-14-6-4-5-13-9-10-17-16(13)14/h4-6,12,15,17H,3,7-11H2,1-2H3. The number of likely N-dealkylation sites (tertiary alicyclic amines) is 1. The number of anilines is 1. The van der Waals surface area contributed by atoms with E-state index in [1.807, 2.05) is 0 Å². The molecule has 1 fully saturated rings. The fourth-order valence-electron chi connectivity index (χ4n) is 3.59. The summed E-state index contributed by atoms with van der Waals surface area (Å²) >= 11 is 0. The Labute approximate surface area is 110 Å². The summed E-state index contributed by atoms with van der Waals surface area (Å²) in [4.78, 5) is 2.70. The summed E-state index contributed by atoms with van der Waals surface area (Å²) < 4.78 is 0. The molecule has 2 heterocycles. The first-order chi connectivity index (χ1) is 8.79. The molecule has 0 bridgehead atoms. The van der Waals surface area contributed by atoms with E-state index in [0.29, 0.717) is 0 Å². The number of benzene rings is 1. The molecular weight excluding hydrogens is 220 g/mol. The minimum atomic E-state index is 0.743. The number of hydrogen-bond acceptors (Lipinski definition) is 2. The Morgan fingerprint density at radius 2 is 2.22 bits per heavy atom. The first-order valence-corrected chi connectivity index (χ1v) is 7.40. The minimum Gasteiger partial charge on any atom is -0.384 e. The van der Waals surface area contributed by atoms with Gasteiger partial charge in [-0.25, -0.2) is 0 Å². The second kappa shape index (κ2) is 4.93. The van der Waals surface area contributed by atoms with E-state index >= 15 is 0 Å². The van der Waals surface area contributed by atoms with Crippen molar-refractivity contribution in [3.63, 3.8) is 0 Å². The monoisotopic (exact) mass is 244 g/mol. The maximum absolute atomic E-state index is 3.56. The molecular formula is C16H24N2. The maximum Gasteiger partial charge on any atom is 0.0419 e. The summed E-state index contributed by atoms with van der Waals surface area (Å²) in [5.74, 6) is 0. The Kier molecular flexibility index (Phi) is 3.29. The first kappa shape index (κ1) is 12.0. The Morgan fingerprint density at radius 3 is 3.06 bits per heavy atom. The van der Waals surface area contributed by atoms with Gasteiger partial charge in [0.25, 0.3) is 0 Å². The lowest BCUT2D eigenvalue weighted by Crippen LogP contribution is -2.33. The quantitative estimate of drug-likeness (QED) is 0.876. The van der Waals surface area contributed by atoms with Crippen LogP contribution in [0.3, 0.4) is 0 Å². The van der Waals surface area contributed by atoms with Crippen molar-refractivity contribution in [3.05, 3.63) is 29.3 Å². The molecule has 98 valence electrons. The molecule has 0 aliphatic carbocycles. The summed E-state index contributed by atoms with van der Waals surface area (Å²) in [6.45, 7) is 6.94. The predicted molar refractivity (Wildman–Crippen MR) is 77.0 cm³/mol. The number of nitrogens with zero attached hydrogens (tertiary/aromatic N) is 1. The molecule has 0 saturated carbocycles. The van der Waals surface area contributed by atoms with E-state index in [1.54, 1.807) is 0 Å². The molecule has 1 aromatic rings. The molecule has 2 aliphatic heterocycles. The van der Waals surface area contributed by atoms with Gasteiger partial charge in [0.2, 0.25) is 0 Å². The molecule has 0 spiro atoms. The fourth-order valence-corrected chi connectivity index (χ4v) is 3.59. The predicted octanol–water partition coefficient (Wildman–Crippen LogP) is 3.42. The highest BCUT2D eigenvalue weighted by Crippen LogP contribution is 2.32. The maximum atomic E-state index is 3.56. The van der Waals surface area contributed by atoms with Crippen LogP contribution in [0, 0.1) is 0 Å². The van der Waals surface area contributed by atoms with Gasteiger partial charge in [0.15, 0.2) is 0 Å². The van der Waals surface area contributed by atoms with Gasteiger partial charge in [0.1, 0.15) is 0 Å². The highest BCUT2D eigenvalue weighted by molar-refractivity contribution is 5.61. The van der Waals surface area contributed by atoms with Gasteiger partial charge >= 0.3 is 0 Å². The third-order valence-corrected chi connectivity index (χ3v) is 4.71. The van der Waals surface area contributed by atoms with E-state index in [0.717, 1.165) is 25.2 Å². The van der Waals surface area contributed by atoms with Crippen LogP contribution in [-0.4, -0.2) is 23.5 Å². The molecule has 0 amide bonds. The molecule has 2 nitrogen and oxygen atoms in total. The van der Waals surface area contributed by atoms with E-state index in [9.17, 15) is 0 Å². The van der Waals surface area contributed by atoms with E-state index in [-0.39, 0.29) is 0 Å². The van der Waals surface area contributed by atoms with E-state index in [2.05, 4.69) is 42.3 Å². The fraction of sp³-hybridized carbons (Fsp3) is 0.625. The number of hydrogen-bond donors (Lipinski definition) is 1. The molecule has 2 unspecified atom stereocenters. The zero-order valence-electron chi connectivity index (χ0n) is 11.6. The van der Waals surface area contributed by atoms with Crippen LogP contribution in [0.25, 0.3) is 0 Å². The lowest BCUT2D eigenvalue weighted by Gasteiger charge is -2.28. The topological polar surface area (TPSA) is 15.3 Å². The van der Waals surface area contributed by atoms with Gasteiger partial charge in [0.05, 0.1) is 0 Å². The Morgan fingerprint density at radius 1 is 1.33 bits per heavy atom. The summed E-state index contributed by atoms with van der Waals surface area (Å²) in [5.41, 5.74) is 4.43. The van der Waals surface area contributed by atoms with Crippen LogP contribution in [0.15, 0.2) is 18.2 Å². The number of rotatable bonds is 3. The molecule has 0 aromatic heterocycles. The molecule has 2 aliphatic rings. The molecule has 0 radical (unpaired) electrons. The smallest absolute Gasteiger partial charge is 0.0419 e. The van der Waals surface area contributed by atoms with Crippen molar-refractivity contribution in [2.45, 2.75) is 58.2 Å². The molecule has 2 atom stereocenters. The summed E-state index contributed by atoms with van der Waals surface area (Å²) in [5, 5.41) is 3.56. The van der Waals surface area contributed by atoms with Gasteiger partial charge in [-0.1, -0.05) is 25.1 Å². The van der Waals surface area contributed by atoms with Gasteiger partial charge in [-0.05, 0) is 43.7 Å². The van der Waals surface area contributed by atoms with E-state index < -0.39 is 0 Å². The van der Waals surface area contributed by atoms with Crippen molar-refractivity contribution < 1.29 is 0 Å². The minimum absolute atomic E-state index is 0.743. The number of nitrogens with one attached hydrogen (secondary N) is 1. The van der Waals surface area contributed by atoms with Crippen molar-refractivity contribution >= 4 is 5.69 Å². The summed E-state index contributed by atoms with van der Waals surface area (Å²) in [7, 11) is 0.